The molecule has 23 heavy (non-hydrogen) atoms. The fraction of sp³-hybridized carbons (Fsp3) is 0.150. The van der Waals surface area contributed by atoms with E-state index in [0.29, 0.717) is 29.4 Å². The highest BCUT2D eigenvalue weighted by Gasteiger charge is 2.17. The van der Waals surface area contributed by atoms with Crippen LogP contribution in [0, 0.1) is 0 Å². The van der Waals surface area contributed by atoms with Gasteiger partial charge in [0.2, 0.25) is 0 Å². The Morgan fingerprint density at radius 1 is 1.00 bits per heavy atom. The topological polar surface area (TPSA) is 46.5 Å². The Hall–Kier alpha value is -2.81. The van der Waals surface area contributed by atoms with Crippen LogP contribution in [0.2, 0.25) is 0 Å². The molecule has 1 N–H and O–H groups in total. The number of hydrogen-bond acceptors (Lipinski definition) is 3. The summed E-state index contributed by atoms with van der Waals surface area (Å²) < 4.78 is 5.16. The average Bonchev–Trinajstić information content (AvgIpc) is 2.58. The van der Waals surface area contributed by atoms with E-state index in [-0.39, 0.29) is 11.7 Å². The Bertz CT molecular complexity index is 838. The zero-order valence-electron chi connectivity index (χ0n) is 13.0. The maximum absolute atomic E-state index is 12.3. The zero-order chi connectivity index (χ0) is 16.2. The number of carbonyl (C=O) groups is 1. The maximum Gasteiger partial charge on any atom is 0.338 e. The Kier molecular flexibility index (Phi) is 4.29. The van der Waals surface area contributed by atoms with Crippen molar-refractivity contribution in [3.05, 3.63) is 77.4 Å². The van der Waals surface area contributed by atoms with Gasteiger partial charge >= 0.3 is 5.97 Å². The molecule has 0 unspecified atom stereocenters. The summed E-state index contributed by atoms with van der Waals surface area (Å²) in [5.74, 6) is -0.143. The van der Waals surface area contributed by atoms with Gasteiger partial charge in [-0.3, -0.25) is 0 Å². The third-order valence-corrected chi connectivity index (χ3v) is 3.83. The van der Waals surface area contributed by atoms with Crippen molar-refractivity contribution in [2.75, 3.05) is 6.61 Å². The minimum atomic E-state index is -0.363. The molecule has 0 radical (unpaired) electrons. The maximum atomic E-state index is 12.3. The van der Waals surface area contributed by atoms with Crippen LogP contribution in [-0.4, -0.2) is 17.7 Å². The van der Waals surface area contributed by atoms with Crippen LogP contribution in [0.15, 0.2) is 60.7 Å². The molecule has 0 saturated carbocycles. The number of phenolic OH excluding ortho intramolecular Hbond substituents is 1. The van der Waals surface area contributed by atoms with Crippen molar-refractivity contribution in [3.8, 4) is 5.75 Å². The Labute approximate surface area is 135 Å². The summed E-state index contributed by atoms with van der Waals surface area (Å²) in [6, 6.07) is 19.0. The van der Waals surface area contributed by atoms with Gasteiger partial charge in [0.05, 0.1) is 12.2 Å². The van der Waals surface area contributed by atoms with E-state index in [0.717, 1.165) is 11.1 Å². The predicted molar refractivity (Wildman–Crippen MR) is 90.8 cm³/mol. The molecule has 116 valence electrons. The molecule has 3 rings (SSSR count). The molecule has 3 aromatic rings. The first-order valence-electron chi connectivity index (χ1n) is 7.65. The summed E-state index contributed by atoms with van der Waals surface area (Å²) in [7, 11) is 0. The molecule has 0 bridgehead atoms. The lowest BCUT2D eigenvalue weighted by molar-refractivity contribution is 0.0528. The van der Waals surface area contributed by atoms with Crippen LogP contribution in [0.25, 0.3) is 10.8 Å². The van der Waals surface area contributed by atoms with Gasteiger partial charge in [0.1, 0.15) is 5.75 Å². The monoisotopic (exact) mass is 306 g/mol. The van der Waals surface area contributed by atoms with E-state index < -0.39 is 0 Å². The number of hydrogen-bond donors (Lipinski definition) is 1. The molecule has 0 saturated heterocycles. The van der Waals surface area contributed by atoms with Crippen LogP contribution in [0.4, 0.5) is 0 Å². The zero-order valence-corrected chi connectivity index (χ0v) is 13.0. The number of phenols is 1. The number of carbonyl (C=O) groups excluding carboxylic acids is 1. The fourth-order valence-corrected chi connectivity index (χ4v) is 2.75. The molecule has 0 aliphatic heterocycles. The van der Waals surface area contributed by atoms with Crippen molar-refractivity contribution in [3.63, 3.8) is 0 Å². The first kappa shape index (κ1) is 15.1. The second-order valence-electron chi connectivity index (χ2n) is 5.36. The van der Waals surface area contributed by atoms with E-state index in [1.54, 1.807) is 13.0 Å². The third-order valence-electron chi connectivity index (χ3n) is 3.83. The average molecular weight is 306 g/mol. The lowest BCUT2D eigenvalue weighted by atomic mass is 9.95. The summed E-state index contributed by atoms with van der Waals surface area (Å²) in [5, 5.41) is 12.0. The van der Waals surface area contributed by atoms with Crippen LogP contribution >= 0.6 is 0 Å². The van der Waals surface area contributed by atoms with Crippen LogP contribution < -0.4 is 0 Å². The Morgan fingerprint density at radius 3 is 2.35 bits per heavy atom. The molecule has 0 aliphatic carbocycles. The van der Waals surface area contributed by atoms with Gasteiger partial charge in [-0.15, -0.1) is 0 Å². The summed E-state index contributed by atoms with van der Waals surface area (Å²) in [6.45, 7) is 2.10. The number of benzene rings is 3. The van der Waals surface area contributed by atoms with Gasteiger partial charge in [-0.25, -0.2) is 4.79 Å². The summed E-state index contributed by atoms with van der Waals surface area (Å²) >= 11 is 0. The molecule has 3 heteroatoms. The van der Waals surface area contributed by atoms with E-state index in [1.165, 1.54) is 0 Å². The van der Waals surface area contributed by atoms with Crippen molar-refractivity contribution in [2.45, 2.75) is 13.3 Å². The number of rotatable bonds is 4. The normalized spacial score (nSPS) is 10.7. The molecule has 0 spiro atoms. The van der Waals surface area contributed by atoms with Gasteiger partial charge in [-0.1, -0.05) is 54.6 Å². The molecule has 3 nitrogen and oxygen atoms in total. The van der Waals surface area contributed by atoms with E-state index >= 15 is 0 Å². The molecule has 0 fully saturated rings. The third kappa shape index (κ3) is 3.04. The second kappa shape index (κ2) is 6.53. The molecule has 0 atom stereocenters. The van der Waals surface area contributed by atoms with Gasteiger partial charge in [-0.05, 0) is 29.5 Å². The minimum Gasteiger partial charge on any atom is -0.507 e. The van der Waals surface area contributed by atoms with Gasteiger partial charge in [0.15, 0.2) is 0 Å². The van der Waals surface area contributed by atoms with Crippen molar-refractivity contribution in [1.82, 2.24) is 0 Å². The summed E-state index contributed by atoms with van der Waals surface area (Å²) in [4.78, 5) is 12.3. The minimum absolute atomic E-state index is 0.220. The van der Waals surface area contributed by atoms with Crippen molar-refractivity contribution in [2.24, 2.45) is 0 Å². The molecule has 0 aliphatic rings. The quantitative estimate of drug-likeness (QED) is 0.730. The summed E-state index contributed by atoms with van der Waals surface area (Å²) in [6.07, 6.45) is 0.559. The lowest BCUT2D eigenvalue weighted by Crippen LogP contribution is -2.06. The standard InChI is InChI=1S/C20H18O3/c1-2-23-20(22)18-13-15(12-14-8-4-3-5-9-14)19(21)17-11-7-6-10-16(17)18/h3-11,13,21H,2,12H2,1H3. The number of esters is 1. The van der Waals surface area contributed by atoms with Gasteiger partial charge in [0, 0.05) is 11.8 Å². The van der Waals surface area contributed by atoms with Crippen molar-refractivity contribution < 1.29 is 14.6 Å². The Balaban J connectivity index is 2.14. The first-order valence-corrected chi connectivity index (χ1v) is 7.65. The molecule has 3 aromatic carbocycles. The molecule has 0 aromatic heterocycles. The van der Waals surface area contributed by atoms with E-state index in [1.807, 2.05) is 54.6 Å². The highest BCUT2D eigenvalue weighted by Crippen LogP contribution is 2.33. The number of ether oxygens (including phenoxy) is 1. The van der Waals surface area contributed by atoms with Crippen LogP contribution in [0.3, 0.4) is 0 Å². The molecular formula is C20H18O3. The van der Waals surface area contributed by atoms with Gasteiger partial charge < -0.3 is 9.84 Å². The SMILES string of the molecule is CCOC(=O)c1cc(Cc2ccccc2)c(O)c2ccccc12. The molecular weight excluding hydrogens is 288 g/mol. The highest BCUT2D eigenvalue weighted by atomic mass is 16.5. The highest BCUT2D eigenvalue weighted by molar-refractivity contribution is 6.07. The van der Waals surface area contributed by atoms with Crippen molar-refractivity contribution >= 4 is 16.7 Å². The van der Waals surface area contributed by atoms with Crippen LogP contribution in [0.1, 0.15) is 28.4 Å². The predicted octanol–water partition coefficient (Wildman–Crippen LogP) is 4.31. The largest absolute Gasteiger partial charge is 0.507 e. The van der Waals surface area contributed by atoms with Crippen LogP contribution in [-0.2, 0) is 11.2 Å². The Morgan fingerprint density at radius 2 is 1.65 bits per heavy atom. The smallest absolute Gasteiger partial charge is 0.338 e. The van der Waals surface area contributed by atoms with E-state index in [4.69, 9.17) is 4.74 Å². The van der Waals surface area contributed by atoms with Gasteiger partial charge in [0.25, 0.3) is 0 Å². The number of fused-ring (bicyclic) bond motifs is 1. The summed E-state index contributed by atoms with van der Waals surface area (Å²) in [5.41, 5.74) is 2.29. The second-order valence-corrected chi connectivity index (χ2v) is 5.36. The van der Waals surface area contributed by atoms with E-state index in [9.17, 15) is 9.90 Å². The first-order chi connectivity index (χ1) is 11.2. The van der Waals surface area contributed by atoms with E-state index in [2.05, 4.69) is 0 Å². The van der Waals surface area contributed by atoms with Crippen molar-refractivity contribution in [1.29, 1.82) is 0 Å². The lowest BCUT2D eigenvalue weighted by Gasteiger charge is -2.12. The number of aromatic hydroxyl groups is 1. The van der Waals surface area contributed by atoms with Gasteiger partial charge in [-0.2, -0.15) is 0 Å². The molecule has 0 amide bonds. The fourth-order valence-electron chi connectivity index (χ4n) is 2.75. The molecule has 0 heterocycles. The van der Waals surface area contributed by atoms with Crippen LogP contribution in [0.5, 0.6) is 5.75 Å².